The Morgan fingerprint density at radius 1 is 0.938 bits per heavy atom. The predicted octanol–water partition coefficient (Wildman–Crippen LogP) is 5.13. The molecule has 2 amide bonds. The molecule has 32 heavy (non-hydrogen) atoms. The van der Waals surface area contributed by atoms with Crippen LogP contribution < -0.4 is 10.6 Å². The van der Waals surface area contributed by atoms with Crippen LogP contribution in [0.3, 0.4) is 0 Å². The molecule has 7 nitrogen and oxygen atoms in total. The highest BCUT2D eigenvalue weighted by Crippen LogP contribution is 2.25. The number of carbonyl (C=O) groups is 2. The Bertz CT molecular complexity index is 1150. The largest absolute Gasteiger partial charge is 0.326 e. The minimum atomic E-state index is -0.215. The van der Waals surface area contributed by atoms with E-state index < -0.39 is 0 Å². The third-order valence-electron chi connectivity index (χ3n) is 4.75. The number of nitrogens with zero attached hydrogens (tertiary/aromatic N) is 3. The lowest BCUT2D eigenvalue weighted by atomic mass is 10.1. The van der Waals surface area contributed by atoms with Gasteiger partial charge >= 0.3 is 0 Å². The van der Waals surface area contributed by atoms with Crippen LogP contribution in [0.4, 0.5) is 11.4 Å². The Morgan fingerprint density at radius 2 is 1.62 bits per heavy atom. The van der Waals surface area contributed by atoms with Gasteiger partial charge in [0.1, 0.15) is 5.82 Å². The summed E-state index contributed by atoms with van der Waals surface area (Å²) in [6.45, 7) is 6.54. The molecule has 0 saturated carbocycles. The maximum atomic E-state index is 12.5. The van der Waals surface area contributed by atoms with Crippen molar-refractivity contribution in [3.8, 4) is 0 Å². The highest BCUT2D eigenvalue weighted by Gasteiger charge is 2.16. The van der Waals surface area contributed by atoms with Crippen molar-refractivity contribution < 1.29 is 9.59 Å². The first-order valence-electron chi connectivity index (χ1n) is 9.93. The van der Waals surface area contributed by atoms with E-state index in [4.69, 9.17) is 23.2 Å². The highest BCUT2D eigenvalue weighted by molar-refractivity contribution is 7.99. The summed E-state index contributed by atoms with van der Waals surface area (Å²) >= 11 is 13.1. The molecule has 0 aliphatic rings. The average molecular weight is 492 g/mol. The molecule has 0 radical (unpaired) electrons. The monoisotopic (exact) mass is 491 g/mol. The van der Waals surface area contributed by atoms with E-state index in [0.717, 1.165) is 11.3 Å². The Kier molecular flexibility index (Phi) is 8.17. The molecule has 10 heteroatoms. The van der Waals surface area contributed by atoms with Gasteiger partial charge in [-0.3, -0.25) is 9.59 Å². The summed E-state index contributed by atoms with van der Waals surface area (Å²) in [5, 5.41) is 15.3. The van der Waals surface area contributed by atoms with Crippen LogP contribution in [0.2, 0.25) is 10.0 Å². The van der Waals surface area contributed by atoms with E-state index in [-0.39, 0.29) is 24.0 Å². The highest BCUT2D eigenvalue weighted by atomic mass is 35.5. The molecular weight excluding hydrogens is 469 g/mol. The van der Waals surface area contributed by atoms with E-state index in [1.165, 1.54) is 17.3 Å². The molecule has 2 aromatic carbocycles. The first-order valence-corrected chi connectivity index (χ1v) is 11.7. The van der Waals surface area contributed by atoms with Crippen LogP contribution in [0.25, 0.3) is 0 Å². The molecular formula is C22H23Cl2N5O2S. The Morgan fingerprint density at radius 3 is 2.31 bits per heavy atom. The van der Waals surface area contributed by atoms with Crippen molar-refractivity contribution in [2.75, 3.05) is 16.4 Å². The quantitative estimate of drug-likeness (QED) is 0.426. The molecule has 0 aliphatic heterocycles. The minimum absolute atomic E-state index is 0.0871. The third-order valence-corrected chi connectivity index (χ3v) is 6.46. The van der Waals surface area contributed by atoms with Gasteiger partial charge in [-0.25, -0.2) is 0 Å². The summed E-state index contributed by atoms with van der Waals surface area (Å²) in [4.78, 5) is 24.8. The van der Waals surface area contributed by atoms with Crippen molar-refractivity contribution in [3.05, 3.63) is 63.4 Å². The van der Waals surface area contributed by atoms with Gasteiger partial charge in [-0.2, -0.15) is 0 Å². The van der Waals surface area contributed by atoms with Crippen LogP contribution in [0, 0.1) is 13.8 Å². The first kappa shape index (κ1) is 24.1. The molecule has 0 saturated heterocycles. The lowest BCUT2D eigenvalue weighted by Crippen LogP contribution is -2.18. The van der Waals surface area contributed by atoms with Crippen molar-refractivity contribution >= 4 is 58.2 Å². The average Bonchev–Trinajstić information content (AvgIpc) is 3.13. The number of hydrogen-bond donors (Lipinski definition) is 2. The normalized spacial score (nSPS) is 10.8. The molecule has 0 aliphatic carbocycles. The SMILES string of the molecule is CCn1c(CC(=O)Nc2ccc(C)c(C)c2)nnc1SCC(=O)Nc1ccc(Cl)c(Cl)c1. The number of thioether (sulfide) groups is 1. The number of aryl methyl sites for hydroxylation is 2. The molecule has 0 spiro atoms. The standard InChI is InChI=1S/C22H23Cl2N5O2S/c1-4-29-19(11-20(30)25-15-6-5-13(2)14(3)9-15)27-28-22(29)32-12-21(31)26-16-7-8-17(23)18(24)10-16/h5-10H,4,11-12H2,1-3H3,(H,25,30)(H,26,31). The first-order chi connectivity index (χ1) is 15.3. The molecule has 0 bridgehead atoms. The zero-order valence-corrected chi connectivity index (χ0v) is 20.2. The van der Waals surface area contributed by atoms with Crippen molar-refractivity contribution in [2.24, 2.45) is 0 Å². The second kappa shape index (κ2) is 10.8. The van der Waals surface area contributed by atoms with Gasteiger partial charge in [0.25, 0.3) is 0 Å². The van der Waals surface area contributed by atoms with Gasteiger partial charge < -0.3 is 15.2 Å². The number of benzene rings is 2. The summed E-state index contributed by atoms with van der Waals surface area (Å²) in [5.41, 5.74) is 3.58. The van der Waals surface area contributed by atoms with Crippen molar-refractivity contribution in [1.29, 1.82) is 0 Å². The zero-order valence-electron chi connectivity index (χ0n) is 17.9. The van der Waals surface area contributed by atoms with Gasteiger partial charge in [0.2, 0.25) is 11.8 Å². The van der Waals surface area contributed by atoms with E-state index in [1.54, 1.807) is 18.2 Å². The number of aromatic nitrogens is 3. The van der Waals surface area contributed by atoms with Gasteiger partial charge in [-0.1, -0.05) is 41.0 Å². The van der Waals surface area contributed by atoms with Gasteiger partial charge in [-0.05, 0) is 62.2 Å². The fourth-order valence-electron chi connectivity index (χ4n) is 2.94. The second-order valence-electron chi connectivity index (χ2n) is 7.13. The molecule has 1 heterocycles. The Hall–Kier alpha value is -2.55. The number of hydrogen-bond acceptors (Lipinski definition) is 5. The molecule has 0 fully saturated rings. The molecule has 1 aromatic heterocycles. The fourth-order valence-corrected chi connectivity index (χ4v) is 4.06. The molecule has 168 valence electrons. The summed E-state index contributed by atoms with van der Waals surface area (Å²) < 4.78 is 1.83. The maximum Gasteiger partial charge on any atom is 0.234 e. The maximum absolute atomic E-state index is 12.5. The number of halogens is 2. The minimum Gasteiger partial charge on any atom is -0.326 e. The van der Waals surface area contributed by atoms with Gasteiger partial charge in [0.05, 0.1) is 22.2 Å². The van der Waals surface area contributed by atoms with Crippen molar-refractivity contribution in [3.63, 3.8) is 0 Å². The lowest BCUT2D eigenvalue weighted by molar-refractivity contribution is -0.116. The van der Waals surface area contributed by atoms with Gasteiger partial charge in [0.15, 0.2) is 5.16 Å². The van der Waals surface area contributed by atoms with E-state index in [0.29, 0.717) is 33.3 Å². The summed E-state index contributed by atoms with van der Waals surface area (Å²) in [7, 11) is 0. The molecule has 0 atom stereocenters. The summed E-state index contributed by atoms with van der Waals surface area (Å²) in [6.07, 6.45) is 0.0871. The van der Waals surface area contributed by atoms with E-state index in [9.17, 15) is 9.59 Å². The fraction of sp³-hybridized carbons (Fsp3) is 0.273. The summed E-state index contributed by atoms with van der Waals surface area (Å²) in [5.74, 6) is 0.284. The van der Waals surface area contributed by atoms with Crippen LogP contribution in [-0.4, -0.2) is 32.3 Å². The predicted molar refractivity (Wildman–Crippen MR) is 130 cm³/mol. The summed E-state index contributed by atoms with van der Waals surface area (Å²) in [6, 6.07) is 10.7. The molecule has 3 rings (SSSR count). The number of amides is 2. The van der Waals surface area contributed by atoms with E-state index >= 15 is 0 Å². The third kappa shape index (κ3) is 6.25. The van der Waals surface area contributed by atoms with Crippen LogP contribution in [-0.2, 0) is 22.6 Å². The number of carbonyl (C=O) groups excluding carboxylic acids is 2. The van der Waals surface area contributed by atoms with Crippen LogP contribution in [0.5, 0.6) is 0 Å². The zero-order chi connectivity index (χ0) is 23.3. The van der Waals surface area contributed by atoms with Crippen LogP contribution in [0.15, 0.2) is 41.6 Å². The number of rotatable bonds is 8. The van der Waals surface area contributed by atoms with Crippen molar-refractivity contribution in [1.82, 2.24) is 14.8 Å². The molecule has 2 N–H and O–H groups in total. The second-order valence-corrected chi connectivity index (χ2v) is 8.89. The van der Waals surface area contributed by atoms with Crippen LogP contribution >= 0.6 is 35.0 Å². The molecule has 0 unspecified atom stereocenters. The number of nitrogens with one attached hydrogen (secondary N) is 2. The van der Waals surface area contributed by atoms with E-state index in [1.807, 2.05) is 43.5 Å². The topological polar surface area (TPSA) is 88.9 Å². The van der Waals surface area contributed by atoms with Crippen molar-refractivity contribution in [2.45, 2.75) is 38.9 Å². The van der Waals surface area contributed by atoms with Gasteiger partial charge in [-0.15, -0.1) is 10.2 Å². The Balaban J connectivity index is 1.58. The van der Waals surface area contributed by atoms with Gasteiger partial charge in [0, 0.05) is 17.9 Å². The Labute approximate surface area is 200 Å². The molecule has 3 aromatic rings. The van der Waals surface area contributed by atoms with Crippen LogP contribution in [0.1, 0.15) is 23.9 Å². The van der Waals surface area contributed by atoms with E-state index in [2.05, 4.69) is 20.8 Å². The lowest BCUT2D eigenvalue weighted by Gasteiger charge is -2.09. The smallest absolute Gasteiger partial charge is 0.234 e. The number of anilines is 2.